The molecule has 2 nitrogen and oxygen atoms in total. The van der Waals surface area contributed by atoms with Crippen LogP contribution in [0.2, 0.25) is 0 Å². The summed E-state index contributed by atoms with van der Waals surface area (Å²) < 4.78 is 67.1. The van der Waals surface area contributed by atoms with Crippen molar-refractivity contribution in [3.63, 3.8) is 0 Å². The smallest absolute Gasteiger partial charge is 0.186 e. The zero-order valence-corrected chi connectivity index (χ0v) is 34.5. The molecule has 1 aliphatic carbocycles. The largest absolute Gasteiger partial charge is 0.310 e. The molecule has 306 valence electrons. The lowest BCUT2D eigenvalue weighted by molar-refractivity contribution is 0.461. The summed E-state index contributed by atoms with van der Waals surface area (Å²) in [6, 6.07) is 64.3. The summed E-state index contributed by atoms with van der Waals surface area (Å²) in [6.45, 7) is 4.44. The topological polar surface area (TPSA) is 6.48 Å². The molecule has 0 bridgehead atoms. The van der Waals surface area contributed by atoms with E-state index in [4.69, 9.17) is 0 Å². The van der Waals surface area contributed by atoms with Gasteiger partial charge in [-0.25, -0.2) is 17.6 Å². The van der Waals surface area contributed by atoms with Crippen LogP contribution in [0.4, 0.5) is 51.7 Å². The quantitative estimate of drug-likeness (QED) is 0.106. The Morgan fingerprint density at radius 1 is 0.317 bits per heavy atom. The van der Waals surface area contributed by atoms with Crippen LogP contribution in [0.15, 0.2) is 206 Å². The van der Waals surface area contributed by atoms with E-state index in [1.807, 2.05) is 109 Å². The van der Waals surface area contributed by atoms with Gasteiger partial charge in [-0.05, 0) is 111 Å². The van der Waals surface area contributed by atoms with E-state index in [9.17, 15) is 0 Å². The van der Waals surface area contributed by atoms with Gasteiger partial charge in [0.2, 0.25) is 0 Å². The molecule has 0 unspecified atom stereocenters. The number of rotatable bonds is 9. The molecule has 0 fully saturated rings. The van der Waals surface area contributed by atoms with Crippen molar-refractivity contribution in [3.05, 3.63) is 241 Å². The predicted octanol–water partition coefficient (Wildman–Crippen LogP) is 16.5. The summed E-state index contributed by atoms with van der Waals surface area (Å²) in [4.78, 5) is 3.30. The molecule has 0 saturated heterocycles. The zero-order valence-electron chi connectivity index (χ0n) is 34.5. The molecule has 0 saturated carbocycles. The Kier molecular flexibility index (Phi) is 9.99. The number of nitrogens with zero attached hydrogens (tertiary/aromatic N) is 2. The minimum Gasteiger partial charge on any atom is -0.310 e. The van der Waals surface area contributed by atoms with Crippen LogP contribution in [-0.4, -0.2) is 0 Å². The summed E-state index contributed by atoms with van der Waals surface area (Å²) in [5, 5.41) is 0. The van der Waals surface area contributed by atoms with Crippen molar-refractivity contribution in [3.8, 4) is 44.5 Å². The van der Waals surface area contributed by atoms with Crippen LogP contribution in [-0.2, 0) is 5.41 Å². The highest BCUT2D eigenvalue weighted by Gasteiger charge is 2.36. The van der Waals surface area contributed by atoms with Crippen molar-refractivity contribution in [1.29, 1.82) is 0 Å². The van der Waals surface area contributed by atoms with Gasteiger partial charge in [-0.3, -0.25) is 0 Å². The summed E-state index contributed by atoms with van der Waals surface area (Å²) in [5.74, 6) is -6.03. The van der Waals surface area contributed by atoms with Crippen molar-refractivity contribution in [2.45, 2.75) is 19.3 Å². The molecule has 0 N–H and O–H groups in total. The Morgan fingerprint density at radius 2 is 0.746 bits per heavy atom. The Morgan fingerprint density at radius 3 is 1.38 bits per heavy atom. The lowest BCUT2D eigenvalue weighted by Gasteiger charge is -2.28. The van der Waals surface area contributed by atoms with Crippen LogP contribution >= 0.6 is 0 Å². The van der Waals surface area contributed by atoms with Gasteiger partial charge in [0.15, 0.2) is 23.3 Å². The number of hydrogen-bond acceptors (Lipinski definition) is 2. The maximum absolute atomic E-state index is 16.9. The molecule has 0 spiro atoms. The van der Waals surface area contributed by atoms with Gasteiger partial charge in [0, 0.05) is 33.9 Å². The van der Waals surface area contributed by atoms with E-state index in [1.165, 1.54) is 39.3 Å². The van der Waals surface area contributed by atoms with E-state index < -0.39 is 34.5 Å². The molecule has 1 aliphatic rings. The maximum atomic E-state index is 16.9. The van der Waals surface area contributed by atoms with Gasteiger partial charge < -0.3 is 9.80 Å². The van der Waals surface area contributed by atoms with Crippen LogP contribution in [0.3, 0.4) is 0 Å². The van der Waals surface area contributed by atoms with E-state index in [0.717, 1.165) is 33.6 Å². The molecule has 0 atom stereocenters. The summed E-state index contributed by atoms with van der Waals surface area (Å²) in [6.07, 6.45) is 0. The number of anilines is 6. The highest BCUT2D eigenvalue weighted by atomic mass is 19.2. The van der Waals surface area contributed by atoms with Crippen molar-refractivity contribution in [2.24, 2.45) is 0 Å². The second-order valence-electron chi connectivity index (χ2n) is 16.3. The Bertz CT molecular complexity index is 3080. The van der Waals surface area contributed by atoms with Crippen LogP contribution in [0, 0.1) is 23.3 Å². The van der Waals surface area contributed by atoms with Gasteiger partial charge in [0.05, 0.1) is 5.56 Å². The van der Waals surface area contributed by atoms with Gasteiger partial charge in [-0.2, -0.15) is 0 Å². The van der Waals surface area contributed by atoms with Crippen molar-refractivity contribution in [2.75, 3.05) is 9.80 Å². The molecule has 0 aromatic heterocycles. The molecule has 10 rings (SSSR count). The first-order chi connectivity index (χ1) is 30.7. The highest BCUT2D eigenvalue weighted by Crippen LogP contribution is 2.51. The molecule has 9 aromatic rings. The molecular weight excluding hydrogens is 789 g/mol. The third-order valence-electron chi connectivity index (χ3n) is 12.2. The van der Waals surface area contributed by atoms with Crippen LogP contribution in [0.5, 0.6) is 0 Å². The van der Waals surface area contributed by atoms with Gasteiger partial charge in [-0.1, -0.05) is 159 Å². The SMILES string of the molecule is CC1(C)c2ccccc2-c2ccc(N(c3ccccc3)c3ccc(-c4c(F)c(F)c(N(c5ccc(-c6ccccc6)cc5)c5cccc(-c6ccccc6)c5)c(F)c4F)cc3)cc21. The summed E-state index contributed by atoms with van der Waals surface area (Å²) >= 11 is 0. The molecule has 0 aliphatic heterocycles. The molecular formula is C57H40F4N2. The lowest BCUT2D eigenvalue weighted by atomic mass is 9.82. The second-order valence-corrected chi connectivity index (χ2v) is 16.3. The maximum Gasteiger partial charge on any atom is 0.186 e. The fraction of sp³-hybridized carbons (Fsp3) is 0.0526. The van der Waals surface area contributed by atoms with Crippen LogP contribution in [0.1, 0.15) is 25.0 Å². The van der Waals surface area contributed by atoms with E-state index in [-0.39, 0.29) is 11.0 Å². The highest BCUT2D eigenvalue weighted by molar-refractivity contribution is 5.87. The average Bonchev–Trinajstić information content (AvgIpc) is 3.56. The fourth-order valence-electron chi connectivity index (χ4n) is 9.00. The number of benzene rings is 9. The van der Waals surface area contributed by atoms with Gasteiger partial charge >= 0.3 is 0 Å². The normalized spacial score (nSPS) is 12.4. The Labute approximate surface area is 364 Å². The van der Waals surface area contributed by atoms with Crippen LogP contribution < -0.4 is 9.80 Å². The summed E-state index contributed by atoms with van der Waals surface area (Å²) in [7, 11) is 0. The van der Waals surface area contributed by atoms with Gasteiger partial charge in [0.1, 0.15) is 5.69 Å². The molecule has 0 radical (unpaired) electrons. The van der Waals surface area contributed by atoms with Crippen molar-refractivity contribution in [1.82, 2.24) is 0 Å². The number of fused-ring (bicyclic) bond motifs is 3. The minimum atomic E-state index is -1.52. The Balaban J connectivity index is 1.06. The van der Waals surface area contributed by atoms with E-state index in [0.29, 0.717) is 17.1 Å². The molecule has 0 amide bonds. The van der Waals surface area contributed by atoms with Gasteiger partial charge in [0.25, 0.3) is 0 Å². The molecule has 6 heteroatoms. The first kappa shape index (κ1) is 39.4. The Hall–Kier alpha value is -7.70. The third-order valence-corrected chi connectivity index (χ3v) is 12.2. The van der Waals surface area contributed by atoms with Gasteiger partial charge in [-0.15, -0.1) is 0 Å². The third kappa shape index (κ3) is 6.94. The van der Waals surface area contributed by atoms with E-state index in [1.54, 1.807) is 42.5 Å². The van der Waals surface area contributed by atoms with Crippen molar-refractivity contribution < 1.29 is 17.6 Å². The van der Waals surface area contributed by atoms with E-state index in [2.05, 4.69) is 61.2 Å². The zero-order chi connectivity index (χ0) is 43.2. The standard InChI is InChI=1S/C57H40F4N2/c1-57(2)49-24-13-12-23-47(49)48-34-33-46(36-50(48)57)62(42-20-10-5-11-21-42)43-31-27-40(28-32-43)51-52(58)54(60)56(55(61)53(51)59)63(44-29-25-39(26-30-44)37-15-6-3-7-16-37)45-22-14-19-41(35-45)38-17-8-4-9-18-38/h3-36H,1-2H3. The lowest BCUT2D eigenvalue weighted by Crippen LogP contribution is -2.17. The molecule has 9 aromatic carbocycles. The second kappa shape index (κ2) is 16.0. The average molecular weight is 829 g/mol. The number of hydrogen-bond donors (Lipinski definition) is 0. The van der Waals surface area contributed by atoms with E-state index >= 15 is 17.6 Å². The first-order valence-electron chi connectivity index (χ1n) is 20.9. The molecule has 0 heterocycles. The predicted molar refractivity (Wildman–Crippen MR) is 250 cm³/mol. The monoisotopic (exact) mass is 828 g/mol. The number of para-hydroxylation sites is 1. The first-order valence-corrected chi connectivity index (χ1v) is 20.9. The fourth-order valence-corrected chi connectivity index (χ4v) is 9.00. The minimum absolute atomic E-state index is 0.0125. The molecule has 63 heavy (non-hydrogen) atoms. The summed E-state index contributed by atoms with van der Waals surface area (Å²) in [5.41, 5.74) is 9.43. The van der Waals surface area contributed by atoms with Crippen LogP contribution in [0.25, 0.3) is 44.5 Å². The number of halogens is 4. The van der Waals surface area contributed by atoms with Crippen molar-refractivity contribution >= 4 is 34.1 Å².